The van der Waals surface area contributed by atoms with E-state index in [4.69, 9.17) is 26.2 Å². The largest absolute Gasteiger partial charge is 0.432 e. The average molecular weight is 324 g/mol. The van der Waals surface area contributed by atoms with Gasteiger partial charge in [-0.25, -0.2) is 4.79 Å². The van der Waals surface area contributed by atoms with Gasteiger partial charge in [0.05, 0.1) is 0 Å². The molecule has 0 radical (unpaired) electrons. The lowest BCUT2D eigenvalue weighted by Crippen LogP contribution is -2.61. The van der Waals surface area contributed by atoms with Crippen LogP contribution in [0, 0.1) is 0 Å². The van der Waals surface area contributed by atoms with E-state index in [-0.39, 0.29) is 5.88 Å². The number of carbonyl (C=O) groups excluding carboxylic acids is 1. The maximum Gasteiger partial charge on any atom is 0.432 e. The van der Waals surface area contributed by atoms with Crippen LogP contribution in [0.4, 0.5) is 4.79 Å². The quantitative estimate of drug-likeness (QED) is 0.799. The molecule has 0 aliphatic carbocycles. The van der Waals surface area contributed by atoms with Crippen molar-refractivity contribution in [2.24, 2.45) is 4.99 Å². The number of rotatable bonds is 4. The topological polar surface area (TPSA) is 54.4 Å². The minimum absolute atomic E-state index is 0.274. The van der Waals surface area contributed by atoms with Gasteiger partial charge >= 0.3 is 6.09 Å². The van der Waals surface area contributed by atoms with Gasteiger partial charge in [-0.3, -0.25) is 9.89 Å². The minimum atomic E-state index is -1.20. The number of hydrogen-bond donors (Lipinski definition) is 0. The van der Waals surface area contributed by atoms with Crippen molar-refractivity contribution in [1.82, 2.24) is 9.96 Å². The second kappa shape index (κ2) is 5.22. The second-order valence-electron chi connectivity index (χ2n) is 5.63. The van der Waals surface area contributed by atoms with Crippen LogP contribution in [0.5, 0.6) is 0 Å². The predicted molar refractivity (Wildman–Crippen MR) is 82.5 cm³/mol. The first-order valence-corrected chi connectivity index (χ1v) is 7.57. The highest BCUT2D eigenvalue weighted by Crippen LogP contribution is 2.44. The van der Waals surface area contributed by atoms with Crippen LogP contribution in [0.25, 0.3) is 0 Å². The molecule has 22 heavy (non-hydrogen) atoms. The number of benzene rings is 1. The Kier molecular flexibility index (Phi) is 3.63. The number of aliphatic imine (C=N–C) groups is 1. The van der Waals surface area contributed by atoms with Crippen molar-refractivity contribution in [2.75, 3.05) is 19.5 Å². The molecule has 7 heteroatoms. The molecule has 2 aliphatic rings. The first-order valence-electron chi connectivity index (χ1n) is 7.04. The average Bonchev–Trinajstić information content (AvgIpc) is 2.92. The molecular formula is C15H18ClN3O3. The van der Waals surface area contributed by atoms with Gasteiger partial charge in [-0.2, -0.15) is 0 Å². The number of alkyl halides is 1. The molecule has 6 nitrogen and oxygen atoms in total. The summed E-state index contributed by atoms with van der Waals surface area (Å²) in [5, 5.41) is 1.50. The van der Waals surface area contributed by atoms with E-state index in [9.17, 15) is 4.79 Å². The molecule has 2 aliphatic heterocycles. The Labute approximate surface area is 134 Å². The summed E-state index contributed by atoms with van der Waals surface area (Å²) in [6, 6.07) is 9.62. The van der Waals surface area contributed by atoms with E-state index < -0.39 is 17.6 Å². The normalized spacial score (nSPS) is 26.8. The first kappa shape index (κ1) is 15.3. The number of fused-ring (bicyclic) bond motifs is 1. The second-order valence-corrected chi connectivity index (χ2v) is 6.00. The van der Waals surface area contributed by atoms with Gasteiger partial charge in [0.1, 0.15) is 11.4 Å². The van der Waals surface area contributed by atoms with Crippen molar-refractivity contribution < 1.29 is 14.4 Å². The summed E-state index contributed by atoms with van der Waals surface area (Å²) in [6.07, 6.45) is -0.487. The zero-order valence-corrected chi connectivity index (χ0v) is 13.5. The molecule has 0 aromatic heterocycles. The first-order chi connectivity index (χ1) is 10.5. The Balaban J connectivity index is 2.17. The SMILES string of the molecule is COC12C(c3ccccc3)=NC(C)(C)N1OC(=O)N2CCCl. The van der Waals surface area contributed by atoms with Gasteiger partial charge < -0.3 is 9.57 Å². The Morgan fingerprint density at radius 1 is 1.32 bits per heavy atom. The summed E-state index contributed by atoms with van der Waals surface area (Å²) in [6.45, 7) is 4.04. The number of carbonyl (C=O) groups is 1. The van der Waals surface area contributed by atoms with Crippen LogP contribution >= 0.6 is 11.6 Å². The zero-order valence-electron chi connectivity index (χ0n) is 12.7. The van der Waals surface area contributed by atoms with Crippen LogP contribution in [-0.2, 0) is 9.57 Å². The van der Waals surface area contributed by atoms with Crippen LogP contribution < -0.4 is 0 Å². The fraction of sp³-hybridized carbons (Fsp3) is 0.467. The highest BCUT2D eigenvalue weighted by Gasteiger charge is 2.67. The third-order valence-corrected chi connectivity index (χ3v) is 4.03. The summed E-state index contributed by atoms with van der Waals surface area (Å²) in [4.78, 5) is 23.9. The number of halogens is 1. The van der Waals surface area contributed by atoms with Crippen molar-refractivity contribution in [3.63, 3.8) is 0 Å². The van der Waals surface area contributed by atoms with E-state index in [1.165, 1.54) is 17.1 Å². The van der Waals surface area contributed by atoms with E-state index >= 15 is 0 Å². The predicted octanol–water partition coefficient (Wildman–Crippen LogP) is 2.43. The minimum Gasteiger partial charge on any atom is -0.343 e. The van der Waals surface area contributed by atoms with Crippen LogP contribution in [0.1, 0.15) is 19.4 Å². The van der Waals surface area contributed by atoms with Gasteiger partial charge in [0.25, 0.3) is 5.85 Å². The highest BCUT2D eigenvalue weighted by molar-refractivity contribution is 6.18. The molecule has 1 aromatic rings. The van der Waals surface area contributed by atoms with Crippen molar-refractivity contribution in [3.8, 4) is 0 Å². The lowest BCUT2D eigenvalue weighted by Gasteiger charge is -2.37. The summed E-state index contributed by atoms with van der Waals surface area (Å²) >= 11 is 5.86. The molecule has 3 rings (SSSR count). The lowest BCUT2D eigenvalue weighted by molar-refractivity contribution is -0.253. The molecular weight excluding hydrogens is 306 g/mol. The van der Waals surface area contributed by atoms with Crippen molar-refractivity contribution in [3.05, 3.63) is 35.9 Å². The number of hydroxylamine groups is 2. The van der Waals surface area contributed by atoms with Gasteiger partial charge in [0.2, 0.25) is 0 Å². The summed E-state index contributed by atoms with van der Waals surface area (Å²) in [5.41, 5.74) is 0.770. The molecule has 0 bridgehead atoms. The van der Waals surface area contributed by atoms with Gasteiger partial charge in [-0.05, 0) is 13.8 Å². The Morgan fingerprint density at radius 3 is 2.59 bits per heavy atom. The van der Waals surface area contributed by atoms with E-state index in [0.29, 0.717) is 12.3 Å². The highest BCUT2D eigenvalue weighted by atomic mass is 35.5. The van der Waals surface area contributed by atoms with E-state index in [2.05, 4.69) is 0 Å². The summed E-state index contributed by atoms with van der Waals surface area (Å²) < 4.78 is 5.78. The van der Waals surface area contributed by atoms with Gasteiger partial charge in [-0.1, -0.05) is 35.4 Å². The number of amides is 1. The lowest BCUT2D eigenvalue weighted by atomic mass is 10.1. The van der Waals surface area contributed by atoms with Crippen molar-refractivity contribution in [2.45, 2.75) is 25.4 Å². The van der Waals surface area contributed by atoms with Crippen molar-refractivity contribution in [1.29, 1.82) is 0 Å². The summed E-state index contributed by atoms with van der Waals surface area (Å²) in [5.74, 6) is -0.923. The fourth-order valence-electron chi connectivity index (χ4n) is 2.99. The Morgan fingerprint density at radius 2 is 2.00 bits per heavy atom. The smallest absolute Gasteiger partial charge is 0.343 e. The molecule has 0 spiro atoms. The van der Waals surface area contributed by atoms with Crippen LogP contribution in [-0.4, -0.2) is 52.8 Å². The van der Waals surface area contributed by atoms with Crippen LogP contribution in [0.15, 0.2) is 35.3 Å². The molecule has 1 unspecified atom stereocenters. The maximum absolute atomic E-state index is 12.3. The molecule has 0 saturated carbocycles. The van der Waals surface area contributed by atoms with Gasteiger partial charge in [0, 0.05) is 25.1 Å². The molecule has 0 N–H and O–H groups in total. The number of nitrogens with zero attached hydrogens (tertiary/aromatic N) is 3. The molecule has 1 atom stereocenters. The molecule has 1 saturated heterocycles. The van der Waals surface area contributed by atoms with Gasteiger partial charge in [-0.15, -0.1) is 11.6 Å². The molecule has 1 fully saturated rings. The Hall–Kier alpha value is -1.63. The fourth-order valence-corrected chi connectivity index (χ4v) is 3.16. The van der Waals surface area contributed by atoms with Crippen LogP contribution in [0.3, 0.4) is 0 Å². The molecule has 118 valence electrons. The number of hydrogen-bond acceptors (Lipinski definition) is 5. The van der Waals surface area contributed by atoms with Crippen LogP contribution in [0.2, 0.25) is 0 Å². The third-order valence-electron chi connectivity index (χ3n) is 3.86. The van der Waals surface area contributed by atoms with E-state index in [1.54, 1.807) is 0 Å². The number of ether oxygens (including phenoxy) is 1. The Bertz CT molecular complexity index is 620. The van der Waals surface area contributed by atoms with E-state index in [0.717, 1.165) is 5.56 Å². The van der Waals surface area contributed by atoms with Crippen molar-refractivity contribution >= 4 is 23.4 Å². The molecule has 1 amide bonds. The maximum atomic E-state index is 12.3. The molecule has 2 heterocycles. The standard InChI is InChI=1S/C15H18ClN3O3/c1-14(2)17-12(11-7-5-4-6-8-11)15(21-3)18(10-9-16)13(20)22-19(14)15/h4-8H,9-10H2,1-3H3. The molecule has 1 aromatic carbocycles. The number of methoxy groups -OCH3 is 1. The summed E-state index contributed by atoms with van der Waals surface area (Å²) in [7, 11) is 1.54. The monoisotopic (exact) mass is 323 g/mol. The zero-order chi connectivity index (χ0) is 16.0. The third kappa shape index (κ3) is 1.95. The van der Waals surface area contributed by atoms with Gasteiger partial charge in [0.15, 0.2) is 0 Å². The van der Waals surface area contributed by atoms with E-state index in [1.807, 2.05) is 44.2 Å².